The fourth-order valence-electron chi connectivity index (χ4n) is 3.17. The van der Waals surface area contributed by atoms with Gasteiger partial charge in [0.2, 0.25) is 5.91 Å². The highest BCUT2D eigenvalue weighted by molar-refractivity contribution is 8.14. The number of aryl methyl sites for hydroxylation is 1. The van der Waals surface area contributed by atoms with Gasteiger partial charge in [-0.25, -0.2) is 4.99 Å². The Kier molecular flexibility index (Phi) is 6.93. The number of aromatic nitrogens is 2. The van der Waals surface area contributed by atoms with Crippen molar-refractivity contribution in [2.75, 3.05) is 30.2 Å². The van der Waals surface area contributed by atoms with Crippen LogP contribution in [0.5, 0.6) is 11.5 Å². The van der Waals surface area contributed by atoms with Crippen molar-refractivity contribution in [1.29, 1.82) is 0 Å². The van der Waals surface area contributed by atoms with Crippen molar-refractivity contribution in [3.63, 3.8) is 0 Å². The van der Waals surface area contributed by atoms with Crippen molar-refractivity contribution in [2.45, 2.75) is 0 Å². The zero-order valence-electron chi connectivity index (χ0n) is 18.7. The van der Waals surface area contributed by atoms with Crippen molar-refractivity contribution in [2.24, 2.45) is 12.0 Å². The maximum Gasteiger partial charge on any atom is 0.302 e. The third-order valence-electron chi connectivity index (χ3n) is 4.74. The van der Waals surface area contributed by atoms with Crippen LogP contribution in [0, 0.1) is 0 Å². The molecule has 2 aromatic carbocycles. The van der Waals surface area contributed by atoms with Gasteiger partial charge < -0.3 is 9.47 Å². The molecule has 0 radical (unpaired) electrons. The lowest BCUT2D eigenvalue weighted by Gasteiger charge is -2.17. The summed E-state index contributed by atoms with van der Waals surface area (Å²) in [6.07, 6.45) is 3.19. The van der Waals surface area contributed by atoms with E-state index in [1.165, 1.54) is 9.58 Å². The summed E-state index contributed by atoms with van der Waals surface area (Å²) in [5, 5.41) is 6.66. The second-order valence-corrected chi connectivity index (χ2v) is 8.03. The van der Waals surface area contributed by atoms with Gasteiger partial charge in [-0.15, -0.1) is 0 Å². The van der Waals surface area contributed by atoms with Crippen LogP contribution in [0.4, 0.5) is 11.6 Å². The molecule has 2 amide bonds. The van der Waals surface area contributed by atoms with E-state index < -0.39 is 0 Å². The van der Waals surface area contributed by atoms with Crippen LogP contribution in [0.1, 0.15) is 5.56 Å². The van der Waals surface area contributed by atoms with E-state index in [2.05, 4.69) is 15.6 Å². The molecule has 1 aromatic heterocycles. The molecule has 0 aliphatic carbocycles. The highest BCUT2D eigenvalue weighted by Crippen LogP contribution is 2.32. The smallest absolute Gasteiger partial charge is 0.302 e. The Hall–Kier alpha value is -4.12. The number of rotatable bonds is 7. The second-order valence-electron chi connectivity index (χ2n) is 7.08. The molecule has 0 unspecified atom stereocenters. The molecule has 34 heavy (non-hydrogen) atoms. The maximum absolute atomic E-state index is 13.3. The van der Waals surface area contributed by atoms with Crippen LogP contribution in [0.3, 0.4) is 0 Å². The van der Waals surface area contributed by atoms with Gasteiger partial charge in [0, 0.05) is 11.6 Å². The number of amidine groups is 1. The highest BCUT2D eigenvalue weighted by atomic mass is 32.2. The number of hydrogen-bond donors (Lipinski definition) is 1. The average Bonchev–Trinajstić information content (AvgIpc) is 3.40. The van der Waals surface area contributed by atoms with Crippen LogP contribution in [0.2, 0.25) is 0 Å². The molecule has 3 aromatic rings. The van der Waals surface area contributed by atoms with Crippen molar-refractivity contribution in [1.82, 2.24) is 5.27 Å². The van der Waals surface area contributed by atoms with Gasteiger partial charge in [-0.1, -0.05) is 34.6 Å². The minimum atomic E-state index is -0.320. The molecule has 11 heteroatoms. The van der Waals surface area contributed by atoms with Gasteiger partial charge >= 0.3 is 5.88 Å². The van der Waals surface area contributed by atoms with Crippen LogP contribution < -0.4 is 24.4 Å². The molecule has 0 saturated carbocycles. The summed E-state index contributed by atoms with van der Waals surface area (Å²) >= 11 is 1.14. The zero-order chi connectivity index (χ0) is 24.1. The van der Waals surface area contributed by atoms with Crippen molar-refractivity contribution in [3.05, 3.63) is 66.0 Å². The Balaban J connectivity index is 1.60. The first-order valence-electron chi connectivity index (χ1n) is 10.2. The van der Waals surface area contributed by atoms with Gasteiger partial charge in [0.25, 0.3) is 12.1 Å². The van der Waals surface area contributed by atoms with Gasteiger partial charge in [0.05, 0.1) is 25.7 Å². The van der Waals surface area contributed by atoms with E-state index in [4.69, 9.17) is 14.0 Å². The normalized spacial score (nSPS) is 14.3. The number of amides is 2. The van der Waals surface area contributed by atoms with E-state index in [1.54, 1.807) is 63.9 Å². The van der Waals surface area contributed by atoms with Gasteiger partial charge in [0.1, 0.15) is 17.2 Å². The van der Waals surface area contributed by atoms with Crippen molar-refractivity contribution < 1.29 is 28.3 Å². The largest absolute Gasteiger partial charge is 0.497 e. The summed E-state index contributed by atoms with van der Waals surface area (Å²) in [5.41, 5.74) is 1.54. The third kappa shape index (κ3) is 5.09. The number of carbonyl (C=O) groups excluding carboxylic acids is 2. The Morgan fingerprint density at radius 3 is 2.68 bits per heavy atom. The summed E-state index contributed by atoms with van der Waals surface area (Å²) in [4.78, 5) is 31.7. The van der Waals surface area contributed by atoms with Crippen molar-refractivity contribution in [3.8, 4) is 11.5 Å². The molecule has 0 atom stereocenters. The third-order valence-corrected chi connectivity index (χ3v) is 5.68. The van der Waals surface area contributed by atoms with Crippen LogP contribution in [-0.4, -0.2) is 42.2 Å². The Labute approximate surface area is 199 Å². The molecular weight excluding hydrogens is 458 g/mol. The van der Waals surface area contributed by atoms with Gasteiger partial charge in [-0.05, 0) is 30.3 Å². The summed E-state index contributed by atoms with van der Waals surface area (Å²) in [7, 11) is 4.79. The molecule has 0 fully saturated rings. The number of benzene rings is 2. The van der Waals surface area contributed by atoms with Crippen LogP contribution in [0.15, 0.2) is 69.9 Å². The van der Waals surface area contributed by atoms with E-state index >= 15 is 0 Å². The molecule has 0 bridgehead atoms. The van der Waals surface area contributed by atoms with E-state index in [9.17, 15) is 9.59 Å². The molecule has 1 aliphatic rings. The quantitative estimate of drug-likeness (QED) is 0.409. The molecule has 1 aliphatic heterocycles. The number of anilines is 2. The standard InChI is InChI=1S/C23H21N5O5S/c1-27-13-21(33-26-27)25-20(29)14-34-23-24-18(22(30)28(23)16-7-5-4-6-8-16)11-15-9-10-17(31-2)12-19(15)32-3/h4-13H,14H2,1-3H3/p+1/b18-11+. The summed E-state index contributed by atoms with van der Waals surface area (Å²) in [6, 6.07) is 14.4. The molecular formula is C23H22N5O5S+. The molecule has 0 spiro atoms. The van der Waals surface area contributed by atoms with Gasteiger partial charge in [-0.3, -0.25) is 24.3 Å². The fourth-order valence-corrected chi connectivity index (χ4v) is 3.98. The molecule has 0 saturated heterocycles. The first-order valence-corrected chi connectivity index (χ1v) is 11.1. The molecule has 4 rings (SSSR count). The highest BCUT2D eigenvalue weighted by Gasteiger charge is 2.32. The maximum atomic E-state index is 13.3. The zero-order valence-corrected chi connectivity index (χ0v) is 19.5. The fraction of sp³-hybridized carbons (Fsp3) is 0.174. The SMILES string of the molecule is COc1ccc(/C=C2/N=C(SCC(=O)Nc3c[n+](C)no3)N(c3ccccc3)C2=O)c(OC)c1. The number of hydrogen-bond acceptors (Lipinski definition) is 8. The Morgan fingerprint density at radius 2 is 2.00 bits per heavy atom. The number of carbonyl (C=O) groups is 2. The van der Waals surface area contributed by atoms with Crippen molar-refractivity contribution >= 4 is 46.4 Å². The van der Waals surface area contributed by atoms with Gasteiger partial charge in [0.15, 0.2) is 17.5 Å². The number of ether oxygens (including phenoxy) is 2. The number of nitrogens with one attached hydrogen (secondary N) is 1. The second kappa shape index (κ2) is 10.2. The number of nitrogens with zero attached hydrogens (tertiary/aromatic N) is 4. The monoisotopic (exact) mass is 480 g/mol. The Bertz CT molecular complexity index is 1270. The van der Waals surface area contributed by atoms with Crippen LogP contribution in [-0.2, 0) is 16.6 Å². The van der Waals surface area contributed by atoms with E-state index in [0.29, 0.717) is 27.9 Å². The number of para-hydroxylation sites is 1. The first kappa shape index (κ1) is 23.1. The van der Waals surface area contributed by atoms with E-state index in [0.717, 1.165) is 11.8 Å². The lowest BCUT2D eigenvalue weighted by Crippen LogP contribution is -2.31. The minimum absolute atomic E-state index is 0.0129. The number of aliphatic imine (C=N–C) groups is 1. The summed E-state index contributed by atoms with van der Waals surface area (Å²) in [5.74, 6) is 0.785. The van der Waals surface area contributed by atoms with Gasteiger partial charge in [-0.2, -0.15) is 0 Å². The predicted molar refractivity (Wildman–Crippen MR) is 128 cm³/mol. The number of methoxy groups -OCH3 is 2. The topological polar surface area (TPSA) is 110 Å². The van der Waals surface area contributed by atoms with Crippen LogP contribution >= 0.6 is 11.8 Å². The lowest BCUT2D eigenvalue weighted by atomic mass is 10.1. The number of thioether (sulfide) groups is 1. The summed E-state index contributed by atoms with van der Waals surface area (Å²) in [6.45, 7) is 0. The lowest BCUT2D eigenvalue weighted by molar-refractivity contribution is -0.739. The van der Waals surface area contributed by atoms with E-state index in [-0.39, 0.29) is 29.1 Å². The average molecular weight is 481 g/mol. The molecule has 2 heterocycles. The van der Waals surface area contributed by atoms with E-state index in [1.807, 2.05) is 18.2 Å². The van der Waals surface area contributed by atoms with Crippen LogP contribution in [0.25, 0.3) is 6.08 Å². The molecule has 174 valence electrons. The molecule has 10 nitrogen and oxygen atoms in total. The first-order chi connectivity index (χ1) is 16.5. The molecule has 1 N–H and O–H groups in total. The Morgan fingerprint density at radius 1 is 1.21 bits per heavy atom. The summed E-state index contributed by atoms with van der Waals surface area (Å²) < 4.78 is 17.1. The predicted octanol–water partition coefficient (Wildman–Crippen LogP) is 2.63. The minimum Gasteiger partial charge on any atom is -0.497 e.